The van der Waals surface area contributed by atoms with E-state index in [-0.39, 0.29) is 17.4 Å². The van der Waals surface area contributed by atoms with Gasteiger partial charge >= 0.3 is 0 Å². The molecule has 0 saturated heterocycles. The molecule has 1 unspecified atom stereocenters. The molecular formula is C27H31N5O. The number of rotatable bonds is 3. The van der Waals surface area contributed by atoms with Crippen molar-refractivity contribution in [3.8, 4) is 11.1 Å². The first-order valence-electron chi connectivity index (χ1n) is 12.2. The van der Waals surface area contributed by atoms with Gasteiger partial charge in [0.1, 0.15) is 0 Å². The van der Waals surface area contributed by atoms with Crippen molar-refractivity contribution in [2.45, 2.75) is 77.4 Å². The summed E-state index contributed by atoms with van der Waals surface area (Å²) in [6.07, 6.45) is 9.38. The van der Waals surface area contributed by atoms with Crippen LogP contribution in [0.15, 0.2) is 63.7 Å². The minimum atomic E-state index is -0.508. The van der Waals surface area contributed by atoms with Crippen molar-refractivity contribution in [3.05, 3.63) is 64.8 Å². The van der Waals surface area contributed by atoms with Crippen LogP contribution in [0, 0.1) is 5.41 Å². The summed E-state index contributed by atoms with van der Waals surface area (Å²) < 4.78 is 2.16. The standard InChI is InChI=1S/C27H31N5O/c1-4-27(18-9-7-8-17(12-18)19-15-29-32-11-6-5-10-22(19)32)20-16-28-31-25(20)30-21-13-26(2,3)14-23(33)24(21)27/h7-9,12,15-16,25,30H,4-6,10-11,13-14H2,1-3H3/t25?,27-/m0/s1. The zero-order valence-corrected chi connectivity index (χ0v) is 19.7. The van der Waals surface area contributed by atoms with Crippen molar-refractivity contribution in [1.82, 2.24) is 15.1 Å². The Morgan fingerprint density at radius 2 is 2.09 bits per heavy atom. The molecule has 6 nitrogen and oxygen atoms in total. The van der Waals surface area contributed by atoms with Gasteiger partial charge in [0.25, 0.3) is 0 Å². The lowest BCUT2D eigenvalue weighted by Crippen LogP contribution is -2.51. The summed E-state index contributed by atoms with van der Waals surface area (Å²) in [4.78, 5) is 13.7. The molecule has 3 aliphatic heterocycles. The quantitative estimate of drug-likeness (QED) is 0.688. The molecule has 4 aliphatic rings. The first-order valence-corrected chi connectivity index (χ1v) is 12.2. The summed E-state index contributed by atoms with van der Waals surface area (Å²) in [5, 5.41) is 17.0. The molecule has 4 heterocycles. The second-order valence-corrected chi connectivity index (χ2v) is 10.7. The summed E-state index contributed by atoms with van der Waals surface area (Å²) in [6, 6.07) is 8.78. The number of aromatic nitrogens is 2. The topological polar surface area (TPSA) is 71.6 Å². The number of allylic oxidation sites excluding steroid dienone is 2. The molecule has 0 spiro atoms. The van der Waals surface area contributed by atoms with Crippen LogP contribution in [0.2, 0.25) is 0 Å². The fourth-order valence-corrected chi connectivity index (χ4v) is 6.50. The number of hydrogen-bond donors (Lipinski definition) is 1. The SMILES string of the molecule is CC[C@]1(c2cccc(-c3cnn4c3CCCC4)c2)C2=CN=NC2NC2=C1C(=O)CC(C)(C)C2. The second-order valence-electron chi connectivity index (χ2n) is 10.7. The maximum atomic E-state index is 13.7. The minimum Gasteiger partial charge on any atom is -0.362 e. The lowest BCUT2D eigenvalue weighted by Gasteiger charge is -2.47. The largest absolute Gasteiger partial charge is 0.362 e. The fourth-order valence-electron chi connectivity index (χ4n) is 6.50. The number of hydrogen-bond acceptors (Lipinski definition) is 5. The van der Waals surface area contributed by atoms with Crippen molar-refractivity contribution >= 4 is 5.78 Å². The molecule has 2 atom stereocenters. The molecule has 6 rings (SSSR count). The van der Waals surface area contributed by atoms with Gasteiger partial charge in [0.05, 0.1) is 17.8 Å². The van der Waals surface area contributed by atoms with Gasteiger partial charge in [0.15, 0.2) is 11.9 Å². The Bertz CT molecular complexity index is 1250. The van der Waals surface area contributed by atoms with Crippen LogP contribution in [0.25, 0.3) is 11.1 Å². The highest BCUT2D eigenvalue weighted by molar-refractivity contribution is 6.01. The highest BCUT2D eigenvalue weighted by Crippen LogP contribution is 2.54. The monoisotopic (exact) mass is 441 g/mol. The molecule has 2 aromatic rings. The predicted molar refractivity (Wildman–Crippen MR) is 127 cm³/mol. The Morgan fingerprint density at radius 1 is 1.21 bits per heavy atom. The van der Waals surface area contributed by atoms with E-state index in [1.54, 1.807) is 0 Å². The highest BCUT2D eigenvalue weighted by Gasteiger charge is 2.53. The van der Waals surface area contributed by atoms with Gasteiger partial charge in [-0.1, -0.05) is 39.0 Å². The van der Waals surface area contributed by atoms with Crippen LogP contribution in [-0.4, -0.2) is 21.7 Å². The molecule has 6 heteroatoms. The van der Waals surface area contributed by atoms with E-state index in [4.69, 9.17) is 0 Å². The lowest BCUT2D eigenvalue weighted by atomic mass is 9.58. The Labute approximate surface area is 194 Å². The van der Waals surface area contributed by atoms with Gasteiger partial charge in [-0.2, -0.15) is 15.3 Å². The van der Waals surface area contributed by atoms with Crippen molar-refractivity contribution in [2.75, 3.05) is 0 Å². The highest BCUT2D eigenvalue weighted by atomic mass is 16.1. The third-order valence-electron chi connectivity index (χ3n) is 7.96. The summed E-state index contributed by atoms with van der Waals surface area (Å²) >= 11 is 0. The molecule has 0 amide bonds. The van der Waals surface area contributed by atoms with Gasteiger partial charge in [0.2, 0.25) is 0 Å². The van der Waals surface area contributed by atoms with E-state index in [0.29, 0.717) is 6.42 Å². The van der Waals surface area contributed by atoms with Gasteiger partial charge in [-0.15, -0.1) is 0 Å². The van der Waals surface area contributed by atoms with Gasteiger partial charge < -0.3 is 5.32 Å². The predicted octanol–water partition coefficient (Wildman–Crippen LogP) is 5.46. The van der Waals surface area contributed by atoms with Gasteiger partial charge in [0, 0.05) is 41.1 Å². The van der Waals surface area contributed by atoms with Crippen LogP contribution in [0.1, 0.15) is 64.1 Å². The second kappa shape index (κ2) is 7.24. The molecule has 1 aromatic carbocycles. The molecule has 1 aromatic heterocycles. The average Bonchev–Trinajstić information content (AvgIpc) is 3.44. The van der Waals surface area contributed by atoms with E-state index in [1.807, 2.05) is 12.4 Å². The van der Waals surface area contributed by atoms with Crippen molar-refractivity contribution in [3.63, 3.8) is 0 Å². The van der Waals surface area contributed by atoms with Crippen LogP contribution in [-0.2, 0) is 23.2 Å². The molecule has 33 heavy (non-hydrogen) atoms. The first kappa shape index (κ1) is 20.6. The van der Waals surface area contributed by atoms with E-state index < -0.39 is 5.41 Å². The number of Topliss-reactive ketones (excluding diaryl/α,β-unsaturated/α-hetero) is 1. The smallest absolute Gasteiger partial charge is 0.164 e. The zero-order chi connectivity index (χ0) is 22.8. The number of carbonyl (C=O) groups excluding carboxylic acids is 1. The Hall–Kier alpha value is -3.02. The van der Waals surface area contributed by atoms with E-state index in [0.717, 1.165) is 48.2 Å². The third-order valence-corrected chi connectivity index (χ3v) is 7.96. The van der Waals surface area contributed by atoms with E-state index in [9.17, 15) is 4.79 Å². The Morgan fingerprint density at radius 3 is 2.94 bits per heavy atom. The summed E-state index contributed by atoms with van der Waals surface area (Å²) in [5.74, 6) is 0.246. The van der Waals surface area contributed by atoms with Crippen LogP contribution in [0.5, 0.6) is 0 Å². The summed E-state index contributed by atoms with van der Waals surface area (Å²) in [7, 11) is 0. The van der Waals surface area contributed by atoms with E-state index in [2.05, 4.69) is 70.4 Å². The van der Waals surface area contributed by atoms with E-state index in [1.165, 1.54) is 29.7 Å². The number of carbonyl (C=O) groups is 1. The van der Waals surface area contributed by atoms with Crippen molar-refractivity contribution in [1.29, 1.82) is 0 Å². The number of nitrogens with zero attached hydrogens (tertiary/aromatic N) is 4. The normalized spacial score (nSPS) is 27.5. The maximum Gasteiger partial charge on any atom is 0.164 e. The summed E-state index contributed by atoms with van der Waals surface area (Å²) in [6.45, 7) is 7.54. The summed E-state index contributed by atoms with van der Waals surface area (Å²) in [5.41, 5.74) is 7.37. The van der Waals surface area contributed by atoms with Gasteiger partial charge in [-0.25, -0.2) is 0 Å². The number of fused-ring (bicyclic) bond motifs is 2. The molecule has 0 radical (unpaired) electrons. The average molecular weight is 442 g/mol. The maximum absolute atomic E-state index is 13.7. The molecule has 170 valence electrons. The Kier molecular flexibility index (Phi) is 4.51. The lowest BCUT2D eigenvalue weighted by molar-refractivity contribution is -0.119. The fraction of sp³-hybridized carbons (Fsp3) is 0.481. The number of benzene rings is 1. The van der Waals surface area contributed by atoms with Crippen LogP contribution < -0.4 is 5.32 Å². The van der Waals surface area contributed by atoms with Crippen molar-refractivity contribution in [2.24, 2.45) is 15.6 Å². The van der Waals surface area contributed by atoms with Crippen LogP contribution >= 0.6 is 0 Å². The Balaban J connectivity index is 1.54. The third kappa shape index (κ3) is 2.99. The zero-order valence-electron chi connectivity index (χ0n) is 19.7. The molecule has 0 saturated carbocycles. The molecule has 0 bridgehead atoms. The number of nitrogens with one attached hydrogen (secondary N) is 1. The molecular weight excluding hydrogens is 410 g/mol. The first-order chi connectivity index (χ1) is 15.9. The molecule has 1 N–H and O–H groups in total. The van der Waals surface area contributed by atoms with Crippen LogP contribution in [0.4, 0.5) is 0 Å². The van der Waals surface area contributed by atoms with E-state index >= 15 is 0 Å². The number of ketones is 1. The number of azo groups is 1. The van der Waals surface area contributed by atoms with Crippen LogP contribution in [0.3, 0.4) is 0 Å². The van der Waals surface area contributed by atoms with Gasteiger partial charge in [-0.05, 0) is 54.7 Å². The van der Waals surface area contributed by atoms with Gasteiger partial charge in [-0.3, -0.25) is 9.48 Å². The minimum absolute atomic E-state index is 0.0571. The molecule has 0 fully saturated rings. The molecule has 1 aliphatic carbocycles. The van der Waals surface area contributed by atoms with Crippen molar-refractivity contribution < 1.29 is 4.79 Å². The number of aryl methyl sites for hydroxylation is 1.